The maximum absolute atomic E-state index is 11.2. The third kappa shape index (κ3) is 26.0. The molecule has 0 fully saturated rings. The van der Waals surface area contributed by atoms with Crippen molar-refractivity contribution >= 4 is 42.8 Å². The van der Waals surface area contributed by atoms with Gasteiger partial charge in [-0.1, -0.05) is 29.5 Å². The van der Waals surface area contributed by atoms with Crippen molar-refractivity contribution in [1.82, 2.24) is 0 Å². The molecule has 0 aromatic heterocycles. The molecule has 0 aliphatic heterocycles. The van der Waals surface area contributed by atoms with E-state index in [1.807, 2.05) is 0 Å². The molecule has 0 saturated heterocycles. The van der Waals surface area contributed by atoms with E-state index in [2.05, 4.69) is 17.2 Å². The van der Waals surface area contributed by atoms with E-state index in [1.54, 1.807) is 24.3 Å². The summed E-state index contributed by atoms with van der Waals surface area (Å²) in [6.45, 7) is 0.0130. The van der Waals surface area contributed by atoms with Crippen molar-refractivity contribution in [1.29, 1.82) is 0 Å². The van der Waals surface area contributed by atoms with E-state index in [-0.39, 0.29) is 101 Å². The fourth-order valence-electron chi connectivity index (χ4n) is 0.920. The van der Waals surface area contributed by atoms with Crippen molar-refractivity contribution in [3.8, 4) is 11.8 Å². The molecule has 0 saturated carbocycles. The van der Waals surface area contributed by atoms with Gasteiger partial charge in [-0.3, -0.25) is 5.32 Å². The molecule has 1 aromatic rings. The first kappa shape index (κ1) is 33.3. The predicted molar refractivity (Wildman–Crippen MR) is 72.5 cm³/mol. The Balaban J connectivity index is -0.000000221. The number of anilines is 1. The molecule has 0 aliphatic rings. The Morgan fingerprint density at radius 1 is 1.21 bits per heavy atom. The zero-order valence-electron chi connectivity index (χ0n) is 13.4. The molecule has 0 bridgehead atoms. The molecule has 0 atom stereocenters. The number of hydrogen-bond donors (Lipinski definition) is 1. The third-order valence-corrected chi connectivity index (χ3v) is 1.91. The average Bonchev–Trinajstić information content (AvgIpc) is 2.32. The largest absolute Gasteiger partial charge is 1.00 e. The maximum Gasteiger partial charge on any atom is 1.00 e. The topological polar surface area (TPSA) is 125 Å². The van der Waals surface area contributed by atoms with Crippen LogP contribution in [0.5, 0.6) is 0 Å². The van der Waals surface area contributed by atoms with E-state index in [4.69, 9.17) is 47.2 Å². The molecule has 1 amide bonds. The van der Waals surface area contributed by atoms with Gasteiger partial charge in [0.1, 0.15) is 0 Å². The van der Waals surface area contributed by atoms with Crippen molar-refractivity contribution in [2.75, 3.05) is 17.8 Å². The van der Waals surface area contributed by atoms with Crippen LogP contribution in [-0.2, 0) is 9.30 Å². The SMILES string of the molecule is O=C(Nc1cccc(Cl)c1)OCC#CCCl.O=P([O-])([O-])[O-].[Na+].[Na+].[Na+]. The smallest absolute Gasteiger partial charge is 0.822 e. The number of rotatable bonds is 2. The first-order valence-corrected chi connectivity index (χ1v) is 7.54. The number of ether oxygens (including phenoxy) is 1. The molecular weight excluding hydrogens is 413 g/mol. The number of phosphoric acid groups is 1. The summed E-state index contributed by atoms with van der Waals surface area (Å²) in [4.78, 5) is 36.9. The number of amides is 1. The van der Waals surface area contributed by atoms with Crippen LogP contribution in [0.4, 0.5) is 10.5 Å². The minimum Gasteiger partial charge on any atom is -0.822 e. The van der Waals surface area contributed by atoms with Gasteiger partial charge in [0.25, 0.3) is 0 Å². The standard InChI is InChI=1S/C11H9Cl2NO2.3Na.H3O4P/c12-6-1-2-7-16-11(15)14-10-5-3-4-9(13)8-10;;;;1-5(2,3)4/h3-5,8H,6-7H2,(H,14,15);;;;(H3,1,2,3,4)/q;3*+1;/p-3. The molecule has 1 rings (SSSR count). The van der Waals surface area contributed by atoms with Gasteiger partial charge < -0.3 is 24.0 Å². The Hall–Kier alpha value is 1.74. The van der Waals surface area contributed by atoms with Crippen LogP contribution in [0, 0.1) is 11.8 Å². The number of carbonyl (C=O) groups excluding carboxylic acids is 1. The minimum atomic E-state index is -5.39. The molecular formula is C11H9Cl2NNa3O6P. The molecule has 0 aliphatic carbocycles. The summed E-state index contributed by atoms with van der Waals surface area (Å²) in [6, 6.07) is 6.76. The second-order valence-electron chi connectivity index (χ2n) is 3.15. The molecule has 0 spiro atoms. The van der Waals surface area contributed by atoms with Crippen LogP contribution in [0.2, 0.25) is 5.02 Å². The van der Waals surface area contributed by atoms with Gasteiger partial charge in [-0.05, 0) is 18.2 Å². The van der Waals surface area contributed by atoms with Gasteiger partial charge in [0.2, 0.25) is 0 Å². The molecule has 116 valence electrons. The van der Waals surface area contributed by atoms with Crippen LogP contribution < -0.4 is 109 Å². The first-order valence-electron chi connectivity index (χ1n) is 5.16. The summed E-state index contributed by atoms with van der Waals surface area (Å²) in [5.74, 6) is 5.36. The number of halogens is 2. The summed E-state index contributed by atoms with van der Waals surface area (Å²) in [7, 11) is -5.39. The van der Waals surface area contributed by atoms with Crippen molar-refractivity contribution in [3.05, 3.63) is 29.3 Å². The summed E-state index contributed by atoms with van der Waals surface area (Å²) in [5.41, 5.74) is 0.572. The van der Waals surface area contributed by atoms with Gasteiger partial charge in [-0.15, -0.1) is 11.6 Å². The molecule has 1 N–H and O–H groups in total. The fraction of sp³-hybridized carbons (Fsp3) is 0.182. The first-order chi connectivity index (χ1) is 9.72. The Labute approximate surface area is 216 Å². The van der Waals surface area contributed by atoms with Gasteiger partial charge in [-0.2, -0.15) is 7.82 Å². The quantitative estimate of drug-likeness (QED) is 0.219. The molecule has 7 nitrogen and oxygen atoms in total. The summed E-state index contributed by atoms with van der Waals surface area (Å²) in [5, 5.41) is 3.05. The Kier molecular flexibility index (Phi) is 27.1. The monoisotopic (exact) mass is 421 g/mol. The van der Waals surface area contributed by atoms with E-state index in [0.29, 0.717) is 10.7 Å². The summed E-state index contributed by atoms with van der Waals surface area (Å²) >= 11 is 11.1. The van der Waals surface area contributed by atoms with Crippen molar-refractivity contribution < 1.29 is 117 Å². The molecule has 0 unspecified atom stereocenters. The average molecular weight is 422 g/mol. The summed E-state index contributed by atoms with van der Waals surface area (Å²) < 4.78 is 13.3. The van der Waals surface area contributed by atoms with Crippen molar-refractivity contribution in [3.63, 3.8) is 0 Å². The van der Waals surface area contributed by atoms with E-state index >= 15 is 0 Å². The van der Waals surface area contributed by atoms with Crippen LogP contribution in [0.1, 0.15) is 0 Å². The Bertz CT molecular complexity index is 570. The Morgan fingerprint density at radius 2 is 1.75 bits per heavy atom. The number of benzene rings is 1. The van der Waals surface area contributed by atoms with Crippen LogP contribution in [0.25, 0.3) is 0 Å². The van der Waals surface area contributed by atoms with Gasteiger partial charge in [0.05, 0.1) is 5.88 Å². The second kappa shape index (κ2) is 19.5. The van der Waals surface area contributed by atoms with Gasteiger partial charge in [0, 0.05) is 10.7 Å². The summed E-state index contributed by atoms with van der Waals surface area (Å²) in [6.07, 6.45) is -0.578. The Morgan fingerprint density at radius 3 is 2.21 bits per heavy atom. The van der Waals surface area contributed by atoms with E-state index in [1.165, 1.54) is 0 Å². The van der Waals surface area contributed by atoms with Crippen LogP contribution in [0.15, 0.2) is 24.3 Å². The van der Waals surface area contributed by atoms with Crippen molar-refractivity contribution in [2.24, 2.45) is 0 Å². The fourth-order valence-corrected chi connectivity index (χ4v) is 1.20. The van der Waals surface area contributed by atoms with Crippen LogP contribution in [0.3, 0.4) is 0 Å². The van der Waals surface area contributed by atoms with Gasteiger partial charge in [0.15, 0.2) is 6.61 Å². The van der Waals surface area contributed by atoms with Crippen molar-refractivity contribution in [2.45, 2.75) is 0 Å². The number of alkyl halides is 1. The molecule has 13 heteroatoms. The van der Waals surface area contributed by atoms with E-state index in [0.717, 1.165) is 0 Å². The maximum atomic E-state index is 11.2. The molecule has 1 aromatic carbocycles. The third-order valence-electron chi connectivity index (χ3n) is 1.54. The van der Waals surface area contributed by atoms with Gasteiger partial charge in [-0.25, -0.2) is 4.79 Å². The number of hydrogen-bond acceptors (Lipinski definition) is 6. The number of carbonyl (C=O) groups is 1. The zero-order valence-corrected chi connectivity index (χ0v) is 21.8. The van der Waals surface area contributed by atoms with Gasteiger partial charge >= 0.3 is 94.8 Å². The molecule has 0 heterocycles. The number of nitrogens with one attached hydrogen (secondary N) is 1. The normalized spacial score (nSPS) is 8.38. The molecule has 24 heavy (non-hydrogen) atoms. The van der Waals surface area contributed by atoms with E-state index in [9.17, 15) is 4.79 Å². The van der Waals surface area contributed by atoms with E-state index < -0.39 is 13.9 Å². The minimum absolute atomic E-state index is 0. The molecule has 0 radical (unpaired) electrons. The predicted octanol–water partition coefficient (Wildman–Crippen LogP) is -8.68. The van der Waals surface area contributed by atoms with Crippen LogP contribution >= 0.6 is 31.0 Å². The zero-order chi connectivity index (χ0) is 16.3. The second-order valence-corrected chi connectivity index (χ2v) is 4.74. The van der Waals surface area contributed by atoms with Crippen LogP contribution in [-0.4, -0.2) is 18.6 Å².